The van der Waals surface area contributed by atoms with Crippen molar-refractivity contribution in [3.8, 4) is 0 Å². The molecular formula is C17H18O2. The topological polar surface area (TPSA) is 37.3 Å². The summed E-state index contributed by atoms with van der Waals surface area (Å²) in [6, 6.07) is 14.0. The van der Waals surface area contributed by atoms with E-state index >= 15 is 0 Å². The van der Waals surface area contributed by atoms with Crippen LogP contribution in [-0.2, 0) is 0 Å². The lowest BCUT2D eigenvalue weighted by Crippen LogP contribution is -2.24. The van der Waals surface area contributed by atoms with Crippen molar-refractivity contribution in [1.82, 2.24) is 0 Å². The maximum absolute atomic E-state index is 12.5. The van der Waals surface area contributed by atoms with Crippen molar-refractivity contribution in [2.24, 2.45) is 5.92 Å². The molecule has 1 aliphatic rings. The maximum Gasteiger partial charge on any atom is 0.165 e. The average Bonchev–Trinajstić information content (AvgIpc) is 2.47. The van der Waals surface area contributed by atoms with Gasteiger partial charge in [-0.3, -0.25) is 4.79 Å². The zero-order valence-corrected chi connectivity index (χ0v) is 10.9. The summed E-state index contributed by atoms with van der Waals surface area (Å²) in [6.07, 6.45) is 2.92. The standard InChI is InChI=1S/C17H18O2/c18-16-9-7-13(8-10-16)17(19)15-6-5-12-3-1-2-4-14(12)11-15/h1-6,11,13,16,18H,7-10H2. The highest BCUT2D eigenvalue weighted by atomic mass is 16.3. The summed E-state index contributed by atoms with van der Waals surface area (Å²) in [4.78, 5) is 12.5. The monoisotopic (exact) mass is 254 g/mol. The lowest BCUT2D eigenvalue weighted by atomic mass is 9.82. The Hall–Kier alpha value is -1.67. The van der Waals surface area contributed by atoms with Gasteiger partial charge in [-0.2, -0.15) is 0 Å². The second kappa shape index (κ2) is 5.14. The first kappa shape index (κ1) is 12.4. The number of rotatable bonds is 2. The number of carbonyl (C=O) groups excluding carboxylic acids is 1. The van der Waals surface area contributed by atoms with E-state index in [9.17, 15) is 9.90 Å². The van der Waals surface area contributed by atoms with Crippen LogP contribution in [-0.4, -0.2) is 17.0 Å². The van der Waals surface area contributed by atoms with Gasteiger partial charge in [-0.05, 0) is 42.5 Å². The van der Waals surface area contributed by atoms with E-state index in [1.807, 2.05) is 36.4 Å². The molecule has 1 aliphatic carbocycles. The van der Waals surface area contributed by atoms with E-state index in [0.717, 1.165) is 42.0 Å². The van der Waals surface area contributed by atoms with Crippen molar-refractivity contribution in [3.63, 3.8) is 0 Å². The largest absolute Gasteiger partial charge is 0.393 e. The van der Waals surface area contributed by atoms with Gasteiger partial charge in [0.25, 0.3) is 0 Å². The molecule has 0 bridgehead atoms. The van der Waals surface area contributed by atoms with Crippen LogP contribution in [0.3, 0.4) is 0 Å². The number of carbonyl (C=O) groups is 1. The normalized spacial score (nSPS) is 23.4. The molecule has 2 nitrogen and oxygen atoms in total. The zero-order valence-electron chi connectivity index (χ0n) is 10.9. The molecule has 0 heterocycles. The predicted octanol–water partition coefficient (Wildman–Crippen LogP) is 3.57. The van der Waals surface area contributed by atoms with Crippen molar-refractivity contribution in [1.29, 1.82) is 0 Å². The third-order valence-corrected chi connectivity index (χ3v) is 4.10. The molecular weight excluding hydrogens is 236 g/mol. The van der Waals surface area contributed by atoms with Crippen LogP contribution >= 0.6 is 0 Å². The van der Waals surface area contributed by atoms with Crippen LogP contribution in [0.2, 0.25) is 0 Å². The van der Waals surface area contributed by atoms with Gasteiger partial charge in [0.2, 0.25) is 0 Å². The van der Waals surface area contributed by atoms with Gasteiger partial charge in [-0.25, -0.2) is 0 Å². The first-order valence-corrected chi connectivity index (χ1v) is 6.95. The number of aliphatic hydroxyl groups excluding tert-OH is 1. The summed E-state index contributed by atoms with van der Waals surface area (Å²) in [7, 11) is 0. The van der Waals surface area contributed by atoms with E-state index in [1.165, 1.54) is 0 Å². The van der Waals surface area contributed by atoms with E-state index < -0.39 is 0 Å². The molecule has 19 heavy (non-hydrogen) atoms. The minimum atomic E-state index is -0.208. The summed E-state index contributed by atoms with van der Waals surface area (Å²) in [5, 5.41) is 11.8. The molecule has 1 N–H and O–H groups in total. The number of hydrogen-bond acceptors (Lipinski definition) is 2. The van der Waals surface area contributed by atoms with Crippen molar-refractivity contribution in [3.05, 3.63) is 48.0 Å². The van der Waals surface area contributed by atoms with Gasteiger partial charge in [0.15, 0.2) is 5.78 Å². The quantitative estimate of drug-likeness (QED) is 0.832. The second-order valence-electron chi connectivity index (χ2n) is 5.43. The van der Waals surface area contributed by atoms with E-state index in [0.29, 0.717) is 0 Å². The molecule has 0 unspecified atom stereocenters. The summed E-state index contributed by atoms with van der Waals surface area (Å²) < 4.78 is 0. The Balaban J connectivity index is 1.85. The molecule has 0 spiro atoms. The van der Waals surface area contributed by atoms with Crippen LogP contribution in [0.5, 0.6) is 0 Å². The Kier molecular flexibility index (Phi) is 3.34. The van der Waals surface area contributed by atoms with Crippen LogP contribution in [0.1, 0.15) is 36.0 Å². The molecule has 0 atom stereocenters. The molecule has 3 rings (SSSR count). The first-order valence-electron chi connectivity index (χ1n) is 6.95. The molecule has 2 aromatic carbocycles. The molecule has 1 fully saturated rings. The van der Waals surface area contributed by atoms with E-state index in [2.05, 4.69) is 6.07 Å². The van der Waals surface area contributed by atoms with Crippen molar-refractivity contribution < 1.29 is 9.90 Å². The van der Waals surface area contributed by atoms with Gasteiger partial charge in [0, 0.05) is 11.5 Å². The van der Waals surface area contributed by atoms with Crippen molar-refractivity contribution in [2.75, 3.05) is 0 Å². The number of aliphatic hydroxyl groups is 1. The van der Waals surface area contributed by atoms with Gasteiger partial charge < -0.3 is 5.11 Å². The average molecular weight is 254 g/mol. The fourth-order valence-corrected chi connectivity index (χ4v) is 2.92. The van der Waals surface area contributed by atoms with E-state index in [4.69, 9.17) is 0 Å². The fraction of sp³-hybridized carbons (Fsp3) is 0.353. The third kappa shape index (κ3) is 2.54. The molecule has 2 heteroatoms. The Morgan fingerprint density at radius 1 is 0.947 bits per heavy atom. The van der Waals surface area contributed by atoms with Crippen LogP contribution < -0.4 is 0 Å². The fourth-order valence-electron chi connectivity index (χ4n) is 2.92. The number of hydrogen-bond donors (Lipinski definition) is 1. The SMILES string of the molecule is O=C(c1ccc2ccccc2c1)C1CCC(O)CC1. The minimum Gasteiger partial charge on any atom is -0.393 e. The lowest BCUT2D eigenvalue weighted by Gasteiger charge is -2.24. The zero-order chi connectivity index (χ0) is 13.2. The number of ketones is 1. The molecule has 0 amide bonds. The van der Waals surface area contributed by atoms with E-state index in [-0.39, 0.29) is 17.8 Å². The highest BCUT2D eigenvalue weighted by molar-refractivity contribution is 6.01. The lowest BCUT2D eigenvalue weighted by molar-refractivity contribution is 0.0764. The maximum atomic E-state index is 12.5. The Bertz CT molecular complexity index is 595. The third-order valence-electron chi connectivity index (χ3n) is 4.10. The molecule has 98 valence electrons. The molecule has 0 aliphatic heterocycles. The van der Waals surface area contributed by atoms with Gasteiger partial charge >= 0.3 is 0 Å². The van der Waals surface area contributed by atoms with Crippen LogP contribution in [0.25, 0.3) is 10.8 Å². The smallest absolute Gasteiger partial charge is 0.165 e. The van der Waals surface area contributed by atoms with Gasteiger partial charge in [0.1, 0.15) is 0 Å². The van der Waals surface area contributed by atoms with Crippen LogP contribution in [0.15, 0.2) is 42.5 Å². The Morgan fingerprint density at radius 3 is 2.37 bits per heavy atom. The highest BCUT2D eigenvalue weighted by Gasteiger charge is 2.25. The molecule has 1 saturated carbocycles. The summed E-state index contributed by atoms with van der Waals surface area (Å²) >= 11 is 0. The summed E-state index contributed by atoms with van der Waals surface area (Å²) in [5.41, 5.74) is 0.806. The van der Waals surface area contributed by atoms with Crippen molar-refractivity contribution in [2.45, 2.75) is 31.8 Å². The first-order chi connectivity index (χ1) is 9.24. The Labute approximate surface area is 113 Å². The molecule has 0 aromatic heterocycles. The number of fused-ring (bicyclic) bond motifs is 1. The number of benzene rings is 2. The minimum absolute atomic E-state index is 0.0876. The second-order valence-corrected chi connectivity index (χ2v) is 5.43. The molecule has 2 aromatic rings. The van der Waals surface area contributed by atoms with Crippen LogP contribution in [0.4, 0.5) is 0 Å². The van der Waals surface area contributed by atoms with Gasteiger partial charge in [-0.1, -0.05) is 36.4 Å². The van der Waals surface area contributed by atoms with Gasteiger partial charge in [-0.15, -0.1) is 0 Å². The number of Topliss-reactive ketones (excluding diaryl/α,β-unsaturated/α-hetero) is 1. The van der Waals surface area contributed by atoms with Crippen molar-refractivity contribution >= 4 is 16.6 Å². The Morgan fingerprint density at radius 2 is 1.63 bits per heavy atom. The predicted molar refractivity (Wildman–Crippen MR) is 76.2 cm³/mol. The molecule has 0 radical (unpaired) electrons. The van der Waals surface area contributed by atoms with E-state index in [1.54, 1.807) is 0 Å². The summed E-state index contributed by atoms with van der Waals surface area (Å²) in [6.45, 7) is 0. The highest BCUT2D eigenvalue weighted by Crippen LogP contribution is 2.28. The summed E-state index contributed by atoms with van der Waals surface area (Å²) in [5.74, 6) is 0.321. The molecule has 0 saturated heterocycles. The van der Waals surface area contributed by atoms with Gasteiger partial charge in [0.05, 0.1) is 6.10 Å². The van der Waals surface area contributed by atoms with Crippen LogP contribution in [0, 0.1) is 5.92 Å².